The maximum atomic E-state index is 5.40. The molecule has 0 bridgehead atoms. The average Bonchev–Trinajstić information content (AvgIpc) is 2.85. The number of guanidine groups is 1. The molecule has 0 aliphatic rings. The van der Waals surface area contributed by atoms with Crippen molar-refractivity contribution in [1.29, 1.82) is 0 Å². The van der Waals surface area contributed by atoms with Crippen LogP contribution < -0.4 is 10.6 Å². The van der Waals surface area contributed by atoms with Crippen molar-refractivity contribution in [3.63, 3.8) is 0 Å². The van der Waals surface area contributed by atoms with Crippen LogP contribution in [-0.4, -0.2) is 43.3 Å². The normalized spacial score (nSPS) is 12.0. The van der Waals surface area contributed by atoms with Gasteiger partial charge in [-0.1, -0.05) is 6.92 Å². The Labute approximate surface area is 161 Å². The monoisotopic (exact) mass is 454 g/mol. The van der Waals surface area contributed by atoms with Crippen molar-refractivity contribution < 1.29 is 4.74 Å². The molecule has 0 aromatic carbocycles. The fraction of sp³-hybridized carbons (Fsp3) is 0.750. The topological polar surface area (TPSA) is 58.5 Å². The Kier molecular flexibility index (Phi) is 11.0. The second-order valence-corrected chi connectivity index (χ2v) is 7.09. The van der Waals surface area contributed by atoms with Crippen LogP contribution in [0, 0.1) is 6.92 Å². The third-order valence-electron chi connectivity index (χ3n) is 3.42. The number of rotatable bonds is 8. The lowest BCUT2D eigenvalue weighted by Crippen LogP contribution is -2.40. The Bertz CT molecular complexity index is 488. The third-order valence-corrected chi connectivity index (χ3v) is 4.49. The summed E-state index contributed by atoms with van der Waals surface area (Å²) in [6.45, 7) is 12.7. The molecule has 1 aromatic heterocycles. The Hall–Kier alpha value is -0.410. The first kappa shape index (κ1) is 22.6. The number of aryl methyl sites for hydroxylation is 2. The number of halogens is 1. The number of hydrogen-bond donors (Lipinski definition) is 2. The minimum atomic E-state index is -0.245. The van der Waals surface area contributed by atoms with Crippen molar-refractivity contribution in [3.05, 3.63) is 15.6 Å². The highest BCUT2D eigenvalue weighted by Crippen LogP contribution is 2.17. The smallest absolute Gasteiger partial charge is 0.191 e. The molecule has 134 valence electrons. The predicted molar refractivity (Wildman–Crippen MR) is 110 cm³/mol. The fourth-order valence-corrected chi connectivity index (χ4v) is 2.91. The molecule has 0 aliphatic carbocycles. The lowest BCUT2D eigenvalue weighted by atomic mass is 10.1. The summed E-state index contributed by atoms with van der Waals surface area (Å²) in [5.74, 6) is 0.830. The van der Waals surface area contributed by atoms with Gasteiger partial charge in [-0.25, -0.2) is 4.98 Å². The summed E-state index contributed by atoms with van der Waals surface area (Å²) in [5, 5.41) is 7.81. The first-order valence-corrected chi connectivity index (χ1v) is 8.76. The second-order valence-electron chi connectivity index (χ2n) is 5.80. The number of methoxy groups -OCH3 is 1. The van der Waals surface area contributed by atoms with Crippen LogP contribution in [0.25, 0.3) is 0 Å². The van der Waals surface area contributed by atoms with Crippen LogP contribution in [0.2, 0.25) is 0 Å². The van der Waals surface area contributed by atoms with Gasteiger partial charge in [0.15, 0.2) is 5.96 Å². The van der Waals surface area contributed by atoms with E-state index in [9.17, 15) is 0 Å². The minimum Gasteiger partial charge on any atom is -0.377 e. The summed E-state index contributed by atoms with van der Waals surface area (Å²) in [4.78, 5) is 10.6. The largest absolute Gasteiger partial charge is 0.377 e. The number of aromatic nitrogens is 1. The van der Waals surface area contributed by atoms with Crippen LogP contribution in [0.5, 0.6) is 0 Å². The van der Waals surface area contributed by atoms with Gasteiger partial charge in [-0.2, -0.15) is 0 Å². The van der Waals surface area contributed by atoms with Gasteiger partial charge in [0.05, 0.1) is 22.8 Å². The molecule has 5 nitrogen and oxygen atoms in total. The van der Waals surface area contributed by atoms with Crippen molar-refractivity contribution in [1.82, 2.24) is 15.6 Å². The van der Waals surface area contributed by atoms with Crippen LogP contribution in [0.3, 0.4) is 0 Å². The van der Waals surface area contributed by atoms with E-state index < -0.39 is 0 Å². The van der Waals surface area contributed by atoms with E-state index in [0.29, 0.717) is 6.54 Å². The van der Waals surface area contributed by atoms with Gasteiger partial charge in [-0.05, 0) is 34.1 Å². The molecule has 0 atom stereocenters. The highest BCUT2D eigenvalue weighted by molar-refractivity contribution is 14.0. The molecule has 0 saturated carbocycles. The van der Waals surface area contributed by atoms with Crippen LogP contribution in [-0.2, 0) is 17.6 Å². The Morgan fingerprint density at radius 3 is 2.52 bits per heavy atom. The first-order chi connectivity index (χ1) is 10.4. The van der Waals surface area contributed by atoms with Gasteiger partial charge in [0.1, 0.15) is 0 Å². The average molecular weight is 454 g/mol. The lowest BCUT2D eigenvalue weighted by molar-refractivity contribution is 0.0310. The molecule has 1 heterocycles. The molecule has 0 unspecified atom stereocenters. The zero-order valence-corrected chi connectivity index (χ0v) is 18.3. The van der Waals surface area contributed by atoms with Gasteiger partial charge in [-0.15, -0.1) is 35.3 Å². The summed E-state index contributed by atoms with van der Waals surface area (Å²) < 4.78 is 5.40. The molecule has 0 saturated heterocycles. The molecule has 0 radical (unpaired) electrons. The Morgan fingerprint density at radius 1 is 1.30 bits per heavy atom. The fourth-order valence-electron chi connectivity index (χ4n) is 1.89. The van der Waals surface area contributed by atoms with Gasteiger partial charge in [0.25, 0.3) is 0 Å². The van der Waals surface area contributed by atoms with Crippen LogP contribution in [0.15, 0.2) is 4.99 Å². The van der Waals surface area contributed by atoms with E-state index in [2.05, 4.69) is 41.4 Å². The zero-order valence-electron chi connectivity index (χ0n) is 15.2. The van der Waals surface area contributed by atoms with E-state index in [1.165, 1.54) is 15.6 Å². The molecular formula is C16H31IN4OS. The van der Waals surface area contributed by atoms with Gasteiger partial charge >= 0.3 is 0 Å². The number of thiazole rings is 1. The maximum absolute atomic E-state index is 5.40. The number of hydrogen-bond acceptors (Lipinski definition) is 4. The number of nitrogens with one attached hydrogen (secondary N) is 2. The van der Waals surface area contributed by atoms with E-state index in [-0.39, 0.29) is 29.6 Å². The summed E-state index contributed by atoms with van der Waals surface area (Å²) in [7, 11) is 1.71. The van der Waals surface area contributed by atoms with Gasteiger partial charge in [0, 0.05) is 31.5 Å². The van der Waals surface area contributed by atoms with E-state index in [1.54, 1.807) is 18.4 Å². The molecule has 0 aliphatic heterocycles. The lowest BCUT2D eigenvalue weighted by Gasteiger charge is -2.21. The molecule has 23 heavy (non-hydrogen) atoms. The molecule has 0 amide bonds. The van der Waals surface area contributed by atoms with E-state index >= 15 is 0 Å². The minimum absolute atomic E-state index is 0. The summed E-state index contributed by atoms with van der Waals surface area (Å²) in [6.07, 6.45) is 1.93. The van der Waals surface area contributed by atoms with Crippen molar-refractivity contribution in [2.45, 2.75) is 53.1 Å². The first-order valence-electron chi connectivity index (χ1n) is 7.94. The van der Waals surface area contributed by atoms with E-state index in [4.69, 9.17) is 4.74 Å². The molecule has 1 aromatic rings. The van der Waals surface area contributed by atoms with Crippen molar-refractivity contribution in [2.24, 2.45) is 4.99 Å². The number of ether oxygens (including phenoxy) is 1. The summed E-state index contributed by atoms with van der Waals surface area (Å²) in [5.41, 5.74) is 0.979. The van der Waals surface area contributed by atoms with Gasteiger partial charge in [0.2, 0.25) is 0 Å². The van der Waals surface area contributed by atoms with Crippen LogP contribution in [0.4, 0.5) is 0 Å². The quantitative estimate of drug-likeness (QED) is 0.360. The van der Waals surface area contributed by atoms with Crippen LogP contribution in [0.1, 0.15) is 43.3 Å². The van der Waals surface area contributed by atoms with Crippen LogP contribution >= 0.6 is 35.3 Å². The van der Waals surface area contributed by atoms with Gasteiger partial charge < -0.3 is 15.4 Å². The SMILES string of the molecule is CCNC(=NCC(C)(C)OC)NCCc1nc(CC)c(C)s1.I. The molecular weight excluding hydrogens is 423 g/mol. The maximum Gasteiger partial charge on any atom is 0.191 e. The number of aliphatic imine (C=N–C) groups is 1. The van der Waals surface area contributed by atoms with E-state index in [1.807, 2.05) is 13.8 Å². The second kappa shape index (κ2) is 11.2. The molecule has 0 fully saturated rings. The van der Waals surface area contributed by atoms with Crippen molar-refractivity contribution >= 4 is 41.3 Å². The molecule has 1 rings (SSSR count). The molecule has 2 N–H and O–H groups in total. The summed E-state index contributed by atoms with van der Waals surface area (Å²) in [6, 6.07) is 0. The third kappa shape index (κ3) is 8.30. The standard InChI is InChI=1S/C16H30N4OS.HI/c1-7-13-12(3)22-14(20-13)9-10-18-15(17-8-2)19-11-16(4,5)21-6;/h7-11H2,1-6H3,(H2,17,18,19);1H. The zero-order chi connectivity index (χ0) is 16.6. The van der Waals surface area contributed by atoms with Crippen molar-refractivity contribution in [2.75, 3.05) is 26.7 Å². The number of nitrogens with zero attached hydrogens (tertiary/aromatic N) is 2. The Morgan fingerprint density at radius 2 is 2.00 bits per heavy atom. The highest BCUT2D eigenvalue weighted by atomic mass is 127. The van der Waals surface area contributed by atoms with E-state index in [0.717, 1.165) is 31.9 Å². The highest BCUT2D eigenvalue weighted by Gasteiger charge is 2.15. The molecule has 7 heteroatoms. The van der Waals surface area contributed by atoms with Gasteiger partial charge in [-0.3, -0.25) is 4.99 Å². The predicted octanol–water partition coefficient (Wildman–Crippen LogP) is 3.15. The molecule has 0 spiro atoms. The van der Waals surface area contributed by atoms with Crippen molar-refractivity contribution in [3.8, 4) is 0 Å². The Balaban J connectivity index is 0.00000484. The summed E-state index contributed by atoms with van der Waals surface area (Å²) >= 11 is 1.79.